The van der Waals surface area contributed by atoms with Gasteiger partial charge in [0.25, 0.3) is 0 Å². The van der Waals surface area contributed by atoms with E-state index in [1.807, 2.05) is 12.3 Å². The maximum Gasteiger partial charge on any atom is 0.0457 e. The Kier molecular flexibility index (Phi) is 3.42. The van der Waals surface area contributed by atoms with Crippen molar-refractivity contribution in [1.29, 1.82) is 0 Å². The summed E-state index contributed by atoms with van der Waals surface area (Å²) in [4.78, 5) is 3.26. The van der Waals surface area contributed by atoms with E-state index < -0.39 is 0 Å². The topological polar surface area (TPSA) is 27.8 Å². The Morgan fingerprint density at radius 1 is 1.19 bits per heavy atom. The Morgan fingerprint density at radius 3 is 2.69 bits per heavy atom. The lowest BCUT2D eigenvalue weighted by molar-refractivity contribution is 0.599. The van der Waals surface area contributed by atoms with E-state index in [0.717, 1.165) is 6.54 Å². The molecule has 1 unspecified atom stereocenters. The van der Waals surface area contributed by atoms with E-state index in [4.69, 9.17) is 0 Å². The third-order valence-corrected chi connectivity index (χ3v) is 2.83. The van der Waals surface area contributed by atoms with Crippen molar-refractivity contribution in [3.05, 3.63) is 48.2 Å². The molecule has 0 aliphatic rings. The zero-order valence-corrected chi connectivity index (χ0v) is 9.83. The van der Waals surface area contributed by atoms with E-state index in [9.17, 15) is 0 Å². The molecule has 0 fully saturated rings. The molecule has 2 heteroatoms. The molecule has 2 aromatic rings. The number of nitrogens with one attached hydrogen (secondary N) is 2. The number of aromatic amines is 1. The Labute approximate surface area is 96.7 Å². The molecular formula is C14H18N2. The highest BCUT2D eigenvalue weighted by Crippen LogP contribution is 2.26. The van der Waals surface area contributed by atoms with Gasteiger partial charge in [-0.15, -0.1) is 0 Å². The fourth-order valence-corrected chi connectivity index (χ4v) is 2.03. The van der Waals surface area contributed by atoms with Crippen molar-refractivity contribution in [2.45, 2.75) is 19.9 Å². The number of hydrogen-bond donors (Lipinski definition) is 2. The minimum atomic E-state index is 0.379. The molecule has 0 aliphatic carbocycles. The summed E-state index contributed by atoms with van der Waals surface area (Å²) in [6.07, 6.45) is 1.96. The van der Waals surface area contributed by atoms with Crippen molar-refractivity contribution < 1.29 is 0 Å². The van der Waals surface area contributed by atoms with Crippen LogP contribution < -0.4 is 5.32 Å². The van der Waals surface area contributed by atoms with Crippen LogP contribution in [0.5, 0.6) is 0 Å². The maximum atomic E-state index is 3.45. The van der Waals surface area contributed by atoms with Crippen LogP contribution in [0.4, 0.5) is 0 Å². The predicted molar refractivity (Wildman–Crippen MR) is 68.3 cm³/mol. The van der Waals surface area contributed by atoms with Gasteiger partial charge in [0, 0.05) is 23.5 Å². The average molecular weight is 214 g/mol. The first-order chi connectivity index (χ1) is 7.83. The van der Waals surface area contributed by atoms with Crippen LogP contribution in [0.15, 0.2) is 42.6 Å². The molecule has 84 valence electrons. The minimum absolute atomic E-state index is 0.379. The van der Waals surface area contributed by atoms with Crippen LogP contribution in [0.25, 0.3) is 11.3 Å². The molecule has 0 radical (unpaired) electrons. The monoisotopic (exact) mass is 214 g/mol. The molecule has 1 heterocycles. The first-order valence-corrected chi connectivity index (χ1v) is 5.79. The van der Waals surface area contributed by atoms with Gasteiger partial charge in [0.15, 0.2) is 0 Å². The molecule has 2 rings (SSSR count). The standard InChI is InChI=1S/C14H18N2/c1-3-15-11(2)12-7-4-5-8-13(12)14-9-6-10-16-14/h4-11,15-16H,3H2,1-2H3. The summed E-state index contributed by atoms with van der Waals surface area (Å²) >= 11 is 0. The molecule has 0 bridgehead atoms. The molecule has 2 nitrogen and oxygen atoms in total. The van der Waals surface area contributed by atoms with Gasteiger partial charge in [-0.05, 0) is 31.2 Å². The fourth-order valence-electron chi connectivity index (χ4n) is 2.03. The Morgan fingerprint density at radius 2 is 2.00 bits per heavy atom. The number of aromatic nitrogens is 1. The molecule has 16 heavy (non-hydrogen) atoms. The number of benzene rings is 1. The molecule has 0 saturated heterocycles. The molecular weight excluding hydrogens is 196 g/mol. The summed E-state index contributed by atoms with van der Waals surface area (Å²) in [6.45, 7) is 5.32. The number of hydrogen-bond acceptors (Lipinski definition) is 1. The quantitative estimate of drug-likeness (QED) is 0.802. The molecule has 2 N–H and O–H groups in total. The second-order valence-electron chi connectivity index (χ2n) is 3.95. The van der Waals surface area contributed by atoms with Gasteiger partial charge in [0.1, 0.15) is 0 Å². The van der Waals surface area contributed by atoms with Crippen LogP contribution in [0.1, 0.15) is 25.5 Å². The lowest BCUT2D eigenvalue weighted by Gasteiger charge is -2.16. The summed E-state index contributed by atoms with van der Waals surface area (Å²) < 4.78 is 0. The fraction of sp³-hybridized carbons (Fsp3) is 0.286. The molecule has 1 aromatic carbocycles. The molecule has 1 atom stereocenters. The Hall–Kier alpha value is -1.54. The van der Waals surface area contributed by atoms with Crippen molar-refractivity contribution in [2.24, 2.45) is 0 Å². The van der Waals surface area contributed by atoms with Gasteiger partial charge in [-0.3, -0.25) is 0 Å². The Balaban J connectivity index is 2.38. The second kappa shape index (κ2) is 4.99. The molecule has 0 aliphatic heterocycles. The summed E-state index contributed by atoms with van der Waals surface area (Å²) in [6, 6.07) is 13.0. The van der Waals surface area contributed by atoms with E-state index in [1.54, 1.807) is 0 Å². The van der Waals surface area contributed by atoms with E-state index in [-0.39, 0.29) is 0 Å². The van der Waals surface area contributed by atoms with Crippen LogP contribution in [0.3, 0.4) is 0 Å². The zero-order valence-electron chi connectivity index (χ0n) is 9.83. The van der Waals surface area contributed by atoms with Gasteiger partial charge in [-0.2, -0.15) is 0 Å². The van der Waals surface area contributed by atoms with Crippen LogP contribution in [-0.2, 0) is 0 Å². The van der Waals surface area contributed by atoms with Crippen LogP contribution in [0, 0.1) is 0 Å². The van der Waals surface area contributed by atoms with Crippen molar-refractivity contribution in [2.75, 3.05) is 6.54 Å². The van der Waals surface area contributed by atoms with Gasteiger partial charge < -0.3 is 10.3 Å². The smallest absolute Gasteiger partial charge is 0.0457 e. The van der Waals surface area contributed by atoms with E-state index in [1.165, 1.54) is 16.8 Å². The van der Waals surface area contributed by atoms with Crippen molar-refractivity contribution in [1.82, 2.24) is 10.3 Å². The zero-order chi connectivity index (χ0) is 11.4. The lowest BCUT2D eigenvalue weighted by atomic mass is 9.99. The largest absolute Gasteiger partial charge is 0.361 e. The van der Waals surface area contributed by atoms with E-state index in [0.29, 0.717) is 6.04 Å². The number of H-pyrrole nitrogens is 1. The first-order valence-electron chi connectivity index (χ1n) is 5.79. The normalized spacial score (nSPS) is 12.6. The third-order valence-electron chi connectivity index (χ3n) is 2.83. The number of rotatable bonds is 4. The van der Waals surface area contributed by atoms with Crippen molar-refractivity contribution in [3.8, 4) is 11.3 Å². The third kappa shape index (κ3) is 2.17. The van der Waals surface area contributed by atoms with Gasteiger partial charge in [0.05, 0.1) is 0 Å². The molecule has 0 amide bonds. The van der Waals surface area contributed by atoms with Gasteiger partial charge >= 0.3 is 0 Å². The Bertz CT molecular complexity index is 432. The second-order valence-corrected chi connectivity index (χ2v) is 3.95. The lowest BCUT2D eigenvalue weighted by Crippen LogP contribution is -2.18. The highest BCUT2D eigenvalue weighted by molar-refractivity contribution is 5.64. The molecule has 1 aromatic heterocycles. The highest BCUT2D eigenvalue weighted by atomic mass is 14.9. The summed E-state index contributed by atoms with van der Waals surface area (Å²) in [5.74, 6) is 0. The van der Waals surface area contributed by atoms with Crippen molar-refractivity contribution in [3.63, 3.8) is 0 Å². The van der Waals surface area contributed by atoms with Crippen LogP contribution in [0.2, 0.25) is 0 Å². The van der Waals surface area contributed by atoms with E-state index in [2.05, 4.69) is 54.5 Å². The summed E-state index contributed by atoms with van der Waals surface area (Å²) in [5, 5.41) is 3.45. The SMILES string of the molecule is CCNC(C)c1ccccc1-c1ccc[nH]1. The highest BCUT2D eigenvalue weighted by Gasteiger charge is 2.10. The van der Waals surface area contributed by atoms with E-state index >= 15 is 0 Å². The maximum absolute atomic E-state index is 3.45. The van der Waals surface area contributed by atoms with Gasteiger partial charge in [-0.25, -0.2) is 0 Å². The first kappa shape index (κ1) is 11.0. The molecule has 0 saturated carbocycles. The minimum Gasteiger partial charge on any atom is -0.361 e. The molecule has 0 spiro atoms. The summed E-state index contributed by atoms with van der Waals surface area (Å²) in [5.41, 5.74) is 3.80. The predicted octanol–water partition coefficient (Wildman–Crippen LogP) is 3.35. The van der Waals surface area contributed by atoms with Crippen LogP contribution in [-0.4, -0.2) is 11.5 Å². The van der Waals surface area contributed by atoms with Gasteiger partial charge in [0.2, 0.25) is 0 Å². The average Bonchev–Trinajstić information content (AvgIpc) is 2.83. The van der Waals surface area contributed by atoms with Crippen LogP contribution >= 0.6 is 0 Å². The van der Waals surface area contributed by atoms with Gasteiger partial charge in [-0.1, -0.05) is 31.2 Å². The van der Waals surface area contributed by atoms with Crippen molar-refractivity contribution >= 4 is 0 Å². The summed E-state index contributed by atoms with van der Waals surface area (Å²) in [7, 11) is 0.